The van der Waals surface area contributed by atoms with Crippen LogP contribution >= 0.6 is 0 Å². The summed E-state index contributed by atoms with van der Waals surface area (Å²) < 4.78 is 9.78. The summed E-state index contributed by atoms with van der Waals surface area (Å²) in [6.07, 6.45) is 1.51. The second-order valence-corrected chi connectivity index (χ2v) is 5.66. The standard InChI is InChI=1S/C14H23NO3/c1-10(14(2,3)4)8-15-9-11-6-7-18-12(11)13(16)17-5/h6-7,10,15H,8-9H2,1-5H3. The van der Waals surface area contributed by atoms with Crippen molar-refractivity contribution in [2.24, 2.45) is 11.3 Å². The van der Waals surface area contributed by atoms with Gasteiger partial charge in [-0.15, -0.1) is 0 Å². The zero-order valence-corrected chi connectivity index (χ0v) is 11.9. The number of methoxy groups -OCH3 is 1. The van der Waals surface area contributed by atoms with Crippen LogP contribution in [0.25, 0.3) is 0 Å². The summed E-state index contributed by atoms with van der Waals surface area (Å²) in [7, 11) is 1.35. The van der Waals surface area contributed by atoms with Gasteiger partial charge in [-0.05, 0) is 23.9 Å². The Morgan fingerprint density at radius 2 is 2.17 bits per heavy atom. The number of esters is 1. The molecule has 0 spiro atoms. The summed E-state index contributed by atoms with van der Waals surface area (Å²) in [6, 6.07) is 1.79. The van der Waals surface area contributed by atoms with Crippen LogP contribution in [0.1, 0.15) is 43.8 Å². The number of furan rings is 1. The molecule has 1 rings (SSSR count). The molecule has 18 heavy (non-hydrogen) atoms. The molecule has 0 saturated carbocycles. The maximum atomic E-state index is 11.4. The number of carbonyl (C=O) groups excluding carboxylic acids is 1. The molecular formula is C14H23NO3. The first-order valence-electron chi connectivity index (χ1n) is 6.21. The zero-order valence-electron chi connectivity index (χ0n) is 11.9. The van der Waals surface area contributed by atoms with Crippen molar-refractivity contribution in [3.63, 3.8) is 0 Å². The SMILES string of the molecule is COC(=O)c1occc1CNCC(C)C(C)(C)C. The van der Waals surface area contributed by atoms with E-state index in [9.17, 15) is 4.79 Å². The molecule has 1 aromatic heterocycles. The smallest absolute Gasteiger partial charge is 0.374 e. The van der Waals surface area contributed by atoms with Crippen molar-refractivity contribution in [2.45, 2.75) is 34.2 Å². The highest BCUT2D eigenvalue weighted by atomic mass is 16.5. The van der Waals surface area contributed by atoms with Crippen LogP contribution in [-0.4, -0.2) is 19.6 Å². The third kappa shape index (κ3) is 3.88. The Hall–Kier alpha value is -1.29. The van der Waals surface area contributed by atoms with E-state index in [1.807, 2.05) is 0 Å². The van der Waals surface area contributed by atoms with Gasteiger partial charge in [-0.1, -0.05) is 27.7 Å². The summed E-state index contributed by atoms with van der Waals surface area (Å²) >= 11 is 0. The molecule has 0 radical (unpaired) electrons. The number of hydrogen-bond acceptors (Lipinski definition) is 4. The van der Waals surface area contributed by atoms with Gasteiger partial charge in [0.2, 0.25) is 5.76 Å². The predicted octanol–water partition coefficient (Wildman–Crippen LogP) is 2.84. The van der Waals surface area contributed by atoms with Crippen LogP contribution in [0.4, 0.5) is 0 Å². The molecule has 1 unspecified atom stereocenters. The second kappa shape index (κ2) is 6.05. The van der Waals surface area contributed by atoms with Crippen LogP contribution in [0.2, 0.25) is 0 Å². The van der Waals surface area contributed by atoms with Crippen LogP contribution in [0.5, 0.6) is 0 Å². The minimum absolute atomic E-state index is 0.272. The van der Waals surface area contributed by atoms with E-state index < -0.39 is 5.97 Å². The molecular weight excluding hydrogens is 230 g/mol. The van der Waals surface area contributed by atoms with Crippen molar-refractivity contribution < 1.29 is 13.9 Å². The average molecular weight is 253 g/mol. The largest absolute Gasteiger partial charge is 0.463 e. The molecule has 0 aliphatic rings. The molecule has 0 amide bonds. The average Bonchev–Trinajstić information content (AvgIpc) is 2.75. The lowest BCUT2D eigenvalue weighted by molar-refractivity contribution is 0.0563. The molecule has 4 heteroatoms. The fourth-order valence-corrected chi connectivity index (χ4v) is 1.48. The molecule has 0 saturated heterocycles. The first-order chi connectivity index (χ1) is 8.36. The second-order valence-electron chi connectivity index (χ2n) is 5.66. The minimum Gasteiger partial charge on any atom is -0.463 e. The summed E-state index contributed by atoms with van der Waals surface area (Å²) in [5.41, 5.74) is 1.11. The van der Waals surface area contributed by atoms with Gasteiger partial charge >= 0.3 is 5.97 Å². The van der Waals surface area contributed by atoms with E-state index in [0.29, 0.717) is 12.5 Å². The van der Waals surface area contributed by atoms with Crippen LogP contribution in [0.15, 0.2) is 16.7 Å². The molecule has 1 aromatic rings. The van der Waals surface area contributed by atoms with Gasteiger partial charge in [-0.3, -0.25) is 0 Å². The Balaban J connectivity index is 2.50. The number of hydrogen-bond donors (Lipinski definition) is 1. The van der Waals surface area contributed by atoms with Crippen LogP contribution in [-0.2, 0) is 11.3 Å². The molecule has 0 fully saturated rings. The molecule has 0 bridgehead atoms. The molecule has 1 N–H and O–H groups in total. The fraction of sp³-hybridized carbons (Fsp3) is 0.643. The molecule has 1 atom stereocenters. The highest BCUT2D eigenvalue weighted by molar-refractivity contribution is 5.87. The topological polar surface area (TPSA) is 51.5 Å². The summed E-state index contributed by atoms with van der Waals surface area (Å²) in [5.74, 6) is 0.403. The van der Waals surface area contributed by atoms with Gasteiger partial charge in [0, 0.05) is 12.1 Å². The van der Waals surface area contributed by atoms with Gasteiger partial charge in [0.25, 0.3) is 0 Å². The normalized spacial score (nSPS) is 13.4. The Bertz CT molecular complexity index is 390. The third-order valence-corrected chi connectivity index (χ3v) is 3.36. The maximum absolute atomic E-state index is 11.4. The van der Waals surface area contributed by atoms with Crippen molar-refractivity contribution in [2.75, 3.05) is 13.7 Å². The Morgan fingerprint density at radius 3 is 2.72 bits per heavy atom. The first-order valence-corrected chi connectivity index (χ1v) is 6.21. The highest BCUT2D eigenvalue weighted by Gasteiger charge is 2.20. The van der Waals surface area contributed by atoms with Crippen LogP contribution < -0.4 is 5.32 Å². The lowest BCUT2D eigenvalue weighted by Gasteiger charge is -2.27. The molecule has 1 heterocycles. The fourth-order valence-electron chi connectivity index (χ4n) is 1.48. The summed E-state index contributed by atoms with van der Waals surface area (Å²) in [5, 5.41) is 3.35. The van der Waals surface area contributed by atoms with Crippen molar-refractivity contribution in [1.82, 2.24) is 5.32 Å². The Morgan fingerprint density at radius 1 is 1.50 bits per heavy atom. The van der Waals surface area contributed by atoms with Crippen LogP contribution in [0, 0.1) is 11.3 Å². The maximum Gasteiger partial charge on any atom is 0.374 e. The molecule has 0 aromatic carbocycles. The first kappa shape index (κ1) is 14.8. The quantitative estimate of drug-likeness (QED) is 0.820. The van der Waals surface area contributed by atoms with Gasteiger partial charge in [0.1, 0.15) is 0 Å². The third-order valence-electron chi connectivity index (χ3n) is 3.36. The number of carbonyl (C=O) groups is 1. The number of nitrogens with one attached hydrogen (secondary N) is 1. The van der Waals surface area contributed by atoms with Crippen LogP contribution in [0.3, 0.4) is 0 Å². The lowest BCUT2D eigenvalue weighted by atomic mass is 9.82. The van der Waals surface area contributed by atoms with E-state index in [4.69, 9.17) is 4.42 Å². The van der Waals surface area contributed by atoms with Gasteiger partial charge in [-0.2, -0.15) is 0 Å². The Labute approximate surface area is 109 Å². The molecule has 0 aliphatic carbocycles. The molecule has 102 valence electrons. The monoisotopic (exact) mass is 253 g/mol. The number of ether oxygens (including phenoxy) is 1. The van der Waals surface area contributed by atoms with E-state index in [2.05, 4.69) is 37.7 Å². The number of rotatable bonds is 5. The van der Waals surface area contributed by atoms with E-state index in [1.165, 1.54) is 13.4 Å². The zero-order chi connectivity index (χ0) is 13.8. The van der Waals surface area contributed by atoms with E-state index >= 15 is 0 Å². The summed E-state index contributed by atoms with van der Waals surface area (Å²) in [6.45, 7) is 10.4. The van der Waals surface area contributed by atoms with E-state index in [-0.39, 0.29) is 11.2 Å². The van der Waals surface area contributed by atoms with Gasteiger partial charge in [0.15, 0.2) is 0 Å². The van der Waals surface area contributed by atoms with Crippen molar-refractivity contribution in [3.05, 3.63) is 23.7 Å². The lowest BCUT2D eigenvalue weighted by Crippen LogP contribution is -2.29. The van der Waals surface area contributed by atoms with Gasteiger partial charge < -0.3 is 14.5 Å². The Kier molecular flexibility index (Phi) is 4.96. The van der Waals surface area contributed by atoms with E-state index in [1.54, 1.807) is 6.07 Å². The predicted molar refractivity (Wildman–Crippen MR) is 70.4 cm³/mol. The molecule has 4 nitrogen and oxygen atoms in total. The molecule has 0 aliphatic heterocycles. The summed E-state index contributed by atoms with van der Waals surface area (Å²) in [4.78, 5) is 11.4. The van der Waals surface area contributed by atoms with Crippen molar-refractivity contribution in [3.8, 4) is 0 Å². The van der Waals surface area contributed by atoms with Crippen molar-refractivity contribution in [1.29, 1.82) is 0 Å². The minimum atomic E-state index is -0.430. The van der Waals surface area contributed by atoms with Gasteiger partial charge in [-0.25, -0.2) is 4.79 Å². The van der Waals surface area contributed by atoms with Crippen molar-refractivity contribution >= 4 is 5.97 Å². The van der Waals surface area contributed by atoms with E-state index in [0.717, 1.165) is 12.1 Å². The van der Waals surface area contributed by atoms with Gasteiger partial charge in [0.05, 0.1) is 13.4 Å². The highest BCUT2D eigenvalue weighted by Crippen LogP contribution is 2.24.